The third-order valence-electron chi connectivity index (χ3n) is 3.44. The maximum atomic E-state index is 14.5. The standard InChI is InChI=1S/C16H10ClF5O11/c17-4-3-7(8(13(23)24)11(19)9(4)14(25,26)27)31-6-2-1-5(32-15(20,21)22)10(18)12(6)33-16(28,29)30/h1-3,25-30H,(H,23,24). The van der Waals surface area contributed by atoms with Crippen molar-refractivity contribution >= 4 is 17.6 Å². The molecule has 7 N–H and O–H groups in total. The highest BCUT2D eigenvalue weighted by Crippen LogP contribution is 2.43. The van der Waals surface area contributed by atoms with E-state index in [4.69, 9.17) is 47.0 Å². The van der Waals surface area contributed by atoms with Crippen molar-refractivity contribution in [1.82, 2.24) is 0 Å². The number of aromatic carboxylic acids is 1. The Kier molecular flexibility index (Phi) is 6.96. The van der Waals surface area contributed by atoms with Crippen LogP contribution in [-0.2, 0) is 5.97 Å². The van der Waals surface area contributed by atoms with Crippen LogP contribution in [0, 0.1) is 11.6 Å². The van der Waals surface area contributed by atoms with E-state index in [0.29, 0.717) is 12.1 Å². The second kappa shape index (κ2) is 8.75. The Hall–Kier alpha value is -2.99. The first-order chi connectivity index (χ1) is 14.8. The van der Waals surface area contributed by atoms with Gasteiger partial charge < -0.3 is 50.0 Å². The van der Waals surface area contributed by atoms with E-state index < -0.39 is 75.2 Å². The number of carbonyl (C=O) groups is 1. The van der Waals surface area contributed by atoms with Crippen molar-refractivity contribution in [2.24, 2.45) is 0 Å². The lowest BCUT2D eigenvalue weighted by molar-refractivity contribution is -0.420. The first-order valence-corrected chi connectivity index (χ1v) is 8.24. The minimum absolute atomic E-state index is 0.256. The normalized spacial score (nSPS) is 12.5. The maximum Gasteiger partial charge on any atom is 0.573 e. The number of hydrogen-bond acceptors (Lipinski definition) is 10. The molecule has 0 aliphatic heterocycles. The highest BCUT2D eigenvalue weighted by molar-refractivity contribution is 6.31. The summed E-state index contributed by atoms with van der Waals surface area (Å²) in [5.74, 6) is -16.0. The number of alkyl halides is 3. The molecule has 0 aliphatic carbocycles. The van der Waals surface area contributed by atoms with Crippen LogP contribution in [0.25, 0.3) is 0 Å². The Bertz CT molecular complexity index is 1080. The molecule has 0 saturated heterocycles. The van der Waals surface area contributed by atoms with Gasteiger partial charge in [-0.3, -0.25) is 0 Å². The Morgan fingerprint density at radius 1 is 0.879 bits per heavy atom. The number of carboxylic acids is 1. The van der Waals surface area contributed by atoms with Gasteiger partial charge in [0.25, 0.3) is 0 Å². The summed E-state index contributed by atoms with van der Waals surface area (Å²) in [6.07, 6.45) is -9.65. The monoisotopic (exact) mass is 508 g/mol. The van der Waals surface area contributed by atoms with Crippen molar-refractivity contribution < 1.29 is 76.7 Å². The van der Waals surface area contributed by atoms with Gasteiger partial charge in [-0.2, -0.15) is 4.39 Å². The number of rotatable bonds is 7. The molecule has 0 amide bonds. The smallest absolute Gasteiger partial charge is 0.477 e. The fraction of sp³-hybridized carbons (Fsp3) is 0.188. The van der Waals surface area contributed by atoms with Crippen molar-refractivity contribution in [2.45, 2.75) is 18.5 Å². The lowest BCUT2D eigenvalue weighted by atomic mass is 10.1. The number of halogens is 6. The van der Waals surface area contributed by atoms with Gasteiger partial charge in [0.15, 0.2) is 17.3 Å². The van der Waals surface area contributed by atoms with E-state index in [2.05, 4.69) is 9.47 Å². The molecule has 11 nitrogen and oxygen atoms in total. The summed E-state index contributed by atoms with van der Waals surface area (Å²) < 4.78 is 78.4. The molecule has 0 fully saturated rings. The zero-order chi connectivity index (χ0) is 25.5. The molecular formula is C16H10ClF5O11. The lowest BCUT2D eigenvalue weighted by Gasteiger charge is -2.22. The summed E-state index contributed by atoms with van der Waals surface area (Å²) in [7, 11) is 0. The number of carboxylic acid groups (broad SMARTS) is 1. The van der Waals surface area contributed by atoms with E-state index in [9.17, 15) is 31.9 Å². The molecular weight excluding hydrogens is 499 g/mol. The molecule has 0 saturated carbocycles. The summed E-state index contributed by atoms with van der Waals surface area (Å²) in [5.41, 5.74) is -3.09. The maximum absolute atomic E-state index is 14.5. The molecule has 0 heterocycles. The van der Waals surface area contributed by atoms with E-state index in [1.54, 1.807) is 0 Å². The first kappa shape index (κ1) is 26.3. The Labute approximate surface area is 182 Å². The zero-order valence-electron chi connectivity index (χ0n) is 15.3. The minimum Gasteiger partial charge on any atom is -0.477 e. The van der Waals surface area contributed by atoms with Gasteiger partial charge >= 0.3 is 24.5 Å². The number of benzene rings is 2. The van der Waals surface area contributed by atoms with Crippen LogP contribution in [-0.4, -0.2) is 54.2 Å². The molecule has 182 valence electrons. The van der Waals surface area contributed by atoms with Gasteiger partial charge in [-0.15, -0.1) is 13.2 Å². The van der Waals surface area contributed by atoms with E-state index in [1.165, 1.54) is 0 Å². The molecule has 0 unspecified atom stereocenters. The number of ether oxygens (including phenoxy) is 3. The van der Waals surface area contributed by atoms with Gasteiger partial charge in [-0.05, 0) is 12.1 Å². The van der Waals surface area contributed by atoms with Crippen LogP contribution < -0.4 is 14.2 Å². The van der Waals surface area contributed by atoms with Gasteiger partial charge in [-0.1, -0.05) is 11.6 Å². The second-order valence-electron chi connectivity index (χ2n) is 5.89. The highest BCUT2D eigenvalue weighted by atomic mass is 35.5. The van der Waals surface area contributed by atoms with Crippen LogP contribution in [0.15, 0.2) is 18.2 Å². The molecule has 2 rings (SSSR count). The molecule has 0 atom stereocenters. The van der Waals surface area contributed by atoms with Crippen molar-refractivity contribution in [3.8, 4) is 23.0 Å². The van der Waals surface area contributed by atoms with Gasteiger partial charge in [0.05, 0.1) is 10.6 Å². The lowest BCUT2D eigenvalue weighted by Crippen LogP contribution is -2.35. The molecule has 2 aromatic rings. The van der Waals surface area contributed by atoms with Gasteiger partial charge in [0, 0.05) is 6.07 Å². The molecule has 2 aromatic carbocycles. The summed E-state index contributed by atoms with van der Waals surface area (Å²) in [6, 6.07) is 1.02. The van der Waals surface area contributed by atoms with Crippen LogP contribution in [0.3, 0.4) is 0 Å². The van der Waals surface area contributed by atoms with E-state index in [1.807, 2.05) is 0 Å². The average molecular weight is 509 g/mol. The summed E-state index contributed by atoms with van der Waals surface area (Å²) in [6.45, 7) is 0. The fourth-order valence-electron chi connectivity index (χ4n) is 2.34. The van der Waals surface area contributed by atoms with Crippen LogP contribution in [0.2, 0.25) is 5.02 Å². The van der Waals surface area contributed by atoms with Crippen molar-refractivity contribution in [2.75, 3.05) is 0 Å². The zero-order valence-corrected chi connectivity index (χ0v) is 16.0. The molecule has 0 spiro atoms. The highest BCUT2D eigenvalue weighted by Gasteiger charge is 2.37. The molecule has 17 heteroatoms. The summed E-state index contributed by atoms with van der Waals surface area (Å²) in [4.78, 5) is 11.4. The topological polar surface area (TPSA) is 186 Å². The van der Waals surface area contributed by atoms with Gasteiger partial charge in [0.1, 0.15) is 11.3 Å². The van der Waals surface area contributed by atoms with Crippen LogP contribution in [0.1, 0.15) is 15.9 Å². The van der Waals surface area contributed by atoms with Crippen LogP contribution in [0.5, 0.6) is 23.0 Å². The minimum atomic E-state index is -5.44. The third-order valence-corrected chi connectivity index (χ3v) is 3.74. The van der Waals surface area contributed by atoms with E-state index in [0.717, 1.165) is 0 Å². The fourth-order valence-corrected chi connectivity index (χ4v) is 2.65. The van der Waals surface area contributed by atoms with Crippen molar-refractivity contribution in [3.63, 3.8) is 0 Å². The van der Waals surface area contributed by atoms with E-state index >= 15 is 0 Å². The van der Waals surface area contributed by atoms with Crippen molar-refractivity contribution in [1.29, 1.82) is 0 Å². The second-order valence-corrected chi connectivity index (χ2v) is 6.30. The quantitative estimate of drug-likeness (QED) is 0.209. The first-order valence-electron chi connectivity index (χ1n) is 7.87. The Morgan fingerprint density at radius 3 is 1.88 bits per heavy atom. The molecule has 0 aliphatic rings. The molecule has 0 radical (unpaired) electrons. The van der Waals surface area contributed by atoms with E-state index in [-0.39, 0.29) is 6.07 Å². The van der Waals surface area contributed by atoms with Crippen LogP contribution >= 0.6 is 11.6 Å². The Balaban J connectivity index is 2.72. The van der Waals surface area contributed by atoms with Crippen molar-refractivity contribution in [3.05, 3.63) is 46.0 Å². The van der Waals surface area contributed by atoms with Gasteiger partial charge in [0.2, 0.25) is 11.6 Å². The van der Waals surface area contributed by atoms with Gasteiger partial charge in [-0.25, -0.2) is 9.18 Å². The Morgan fingerprint density at radius 2 is 1.42 bits per heavy atom. The number of aliphatic hydroxyl groups is 6. The average Bonchev–Trinajstić information content (AvgIpc) is 2.56. The predicted molar refractivity (Wildman–Crippen MR) is 89.9 cm³/mol. The van der Waals surface area contributed by atoms with Crippen LogP contribution in [0.4, 0.5) is 22.0 Å². The predicted octanol–water partition coefficient (Wildman–Crippen LogP) is 1.06. The largest absolute Gasteiger partial charge is 0.573 e. The summed E-state index contributed by atoms with van der Waals surface area (Å²) >= 11 is 5.57. The number of hydrogen-bond donors (Lipinski definition) is 7. The summed E-state index contributed by atoms with van der Waals surface area (Å²) in [5, 5.41) is 62.4. The molecule has 33 heavy (non-hydrogen) atoms. The molecule has 0 bridgehead atoms. The molecule has 0 aromatic heterocycles. The third kappa shape index (κ3) is 6.29. The SMILES string of the molecule is O=C(O)c1c(Oc2ccc(OC(F)(F)F)c(F)c2OC(O)(O)O)cc(Cl)c(C(O)(O)O)c1F.